The van der Waals surface area contributed by atoms with Crippen molar-refractivity contribution < 1.29 is 24.5 Å². The maximum Gasteiger partial charge on any atom is 0.120 e. The zero-order chi connectivity index (χ0) is 32.2. The number of rotatable bonds is 5. The molecule has 1 radical (unpaired) electrons. The molecule has 0 aliphatic rings. The molecule has 0 aliphatic carbocycles. The van der Waals surface area contributed by atoms with Gasteiger partial charge in [0.05, 0.1) is 5.58 Å². The topological polar surface area (TPSA) is 38.9 Å². The summed E-state index contributed by atoms with van der Waals surface area (Å²) in [6.07, 6.45) is 3.83. The molecule has 8 rings (SSSR count). The van der Waals surface area contributed by atoms with Crippen molar-refractivity contribution in [3.05, 3.63) is 180 Å². The summed E-state index contributed by atoms with van der Waals surface area (Å²) in [7, 11) is 0. The van der Waals surface area contributed by atoms with E-state index in [1.54, 1.807) is 0 Å². The molecule has 3 nitrogen and oxygen atoms in total. The number of fused-ring (bicyclic) bond motifs is 3. The van der Waals surface area contributed by atoms with E-state index in [9.17, 15) is 0 Å². The molecule has 0 saturated heterocycles. The Morgan fingerprint density at radius 3 is 2.04 bits per heavy atom. The van der Waals surface area contributed by atoms with Gasteiger partial charge in [-0.05, 0) is 65.2 Å². The van der Waals surface area contributed by atoms with Gasteiger partial charge in [0.1, 0.15) is 5.58 Å². The minimum Gasteiger partial charge on any atom is -0.500 e. The minimum absolute atomic E-state index is 0. The second kappa shape index (κ2) is 14.7. The number of furan rings is 1. The molecule has 5 aromatic carbocycles. The van der Waals surface area contributed by atoms with E-state index >= 15 is 0 Å². The second-order valence-corrected chi connectivity index (χ2v) is 11.9. The van der Waals surface area contributed by atoms with Crippen LogP contribution in [0.1, 0.15) is 35.1 Å². The Kier molecular flexibility index (Phi) is 10.1. The van der Waals surface area contributed by atoms with Crippen molar-refractivity contribution in [2.75, 3.05) is 0 Å². The van der Waals surface area contributed by atoms with Gasteiger partial charge < -0.3 is 14.4 Å². The molecule has 0 spiro atoms. The zero-order valence-electron chi connectivity index (χ0n) is 27.1. The quantitative estimate of drug-likeness (QED) is 0.163. The third-order valence-electron chi connectivity index (χ3n) is 8.59. The average Bonchev–Trinajstić information content (AvgIpc) is 3.50. The molecule has 8 aromatic rings. The summed E-state index contributed by atoms with van der Waals surface area (Å²) in [4.78, 5) is 9.10. The number of aromatic nitrogens is 2. The normalized spacial score (nSPS) is 11.4. The zero-order valence-corrected chi connectivity index (χ0v) is 29.5. The average molecular weight is 799 g/mol. The Morgan fingerprint density at radius 2 is 1.33 bits per heavy atom. The molecule has 3 aromatic heterocycles. The Bertz CT molecular complexity index is 2260. The van der Waals surface area contributed by atoms with Gasteiger partial charge in [-0.1, -0.05) is 97.2 Å². The van der Waals surface area contributed by atoms with Crippen LogP contribution < -0.4 is 0 Å². The van der Waals surface area contributed by atoms with E-state index in [1.165, 1.54) is 27.8 Å². The summed E-state index contributed by atoms with van der Waals surface area (Å²) in [6, 6.07) is 52.2. The molecule has 237 valence electrons. The molecule has 0 bridgehead atoms. The SMILES string of the molecule is Cc1cc(-c2[c-]cc3oc4ccc(C(C)c5ccccc5)cc4c3c2)ncc1-c1ccccc1.Cc1ccc(-c2[c-]cccc2)nc1.[Ir]. The fraction of sp³-hybridized carbons (Fsp3) is 0.0909. The van der Waals surface area contributed by atoms with Gasteiger partial charge >= 0.3 is 0 Å². The van der Waals surface area contributed by atoms with Gasteiger partial charge in [-0.25, -0.2) is 0 Å². The van der Waals surface area contributed by atoms with Gasteiger partial charge in [-0.3, -0.25) is 0 Å². The van der Waals surface area contributed by atoms with Gasteiger partial charge in [0.15, 0.2) is 0 Å². The predicted octanol–water partition coefficient (Wildman–Crippen LogP) is 11.4. The van der Waals surface area contributed by atoms with Crippen molar-refractivity contribution in [1.82, 2.24) is 9.97 Å². The van der Waals surface area contributed by atoms with Crippen LogP contribution in [0.25, 0.3) is 55.6 Å². The van der Waals surface area contributed by atoms with Gasteiger partial charge in [0, 0.05) is 49.4 Å². The summed E-state index contributed by atoms with van der Waals surface area (Å²) in [6.45, 7) is 6.42. The Labute approximate surface area is 295 Å². The summed E-state index contributed by atoms with van der Waals surface area (Å²) < 4.78 is 6.13. The maximum absolute atomic E-state index is 6.13. The van der Waals surface area contributed by atoms with Crippen molar-refractivity contribution in [2.45, 2.75) is 26.7 Å². The Hall–Kier alpha value is -5.15. The maximum atomic E-state index is 6.13. The van der Waals surface area contributed by atoms with Crippen LogP contribution in [-0.2, 0) is 20.1 Å². The van der Waals surface area contributed by atoms with Crippen LogP contribution in [0.3, 0.4) is 0 Å². The Balaban J connectivity index is 0.000000241. The van der Waals surface area contributed by atoms with Crippen LogP contribution in [0, 0.1) is 26.0 Å². The molecule has 48 heavy (non-hydrogen) atoms. The monoisotopic (exact) mass is 799 g/mol. The van der Waals surface area contributed by atoms with Crippen molar-refractivity contribution in [3.8, 4) is 33.6 Å². The summed E-state index contributed by atoms with van der Waals surface area (Å²) in [5.41, 5.74) is 12.9. The summed E-state index contributed by atoms with van der Waals surface area (Å²) in [5.74, 6) is 0.306. The molecule has 0 aliphatic heterocycles. The summed E-state index contributed by atoms with van der Waals surface area (Å²) in [5, 5.41) is 2.22. The van der Waals surface area contributed by atoms with Crippen molar-refractivity contribution >= 4 is 21.9 Å². The molecule has 0 amide bonds. The molecule has 3 heterocycles. The molecule has 4 heteroatoms. The first-order chi connectivity index (χ1) is 23.0. The number of pyridine rings is 2. The molecular weight excluding hydrogens is 765 g/mol. The molecular formula is C44H34IrN2O-2. The van der Waals surface area contributed by atoms with E-state index in [-0.39, 0.29) is 20.1 Å². The molecule has 0 saturated carbocycles. The van der Waals surface area contributed by atoms with Crippen LogP contribution in [0.15, 0.2) is 150 Å². The first-order valence-electron chi connectivity index (χ1n) is 15.9. The minimum atomic E-state index is 0. The van der Waals surface area contributed by atoms with Gasteiger partial charge in [-0.2, -0.15) is 0 Å². The van der Waals surface area contributed by atoms with Crippen molar-refractivity contribution in [3.63, 3.8) is 0 Å². The van der Waals surface area contributed by atoms with Gasteiger partial charge in [0.2, 0.25) is 0 Å². The fourth-order valence-electron chi connectivity index (χ4n) is 5.89. The largest absolute Gasteiger partial charge is 0.500 e. The Morgan fingerprint density at radius 1 is 0.604 bits per heavy atom. The number of hydrogen-bond donors (Lipinski definition) is 0. The molecule has 1 atom stereocenters. The smallest absolute Gasteiger partial charge is 0.120 e. The van der Waals surface area contributed by atoms with Crippen LogP contribution in [-0.4, -0.2) is 9.97 Å². The van der Waals surface area contributed by atoms with Crippen molar-refractivity contribution in [2.24, 2.45) is 0 Å². The summed E-state index contributed by atoms with van der Waals surface area (Å²) >= 11 is 0. The third-order valence-corrected chi connectivity index (χ3v) is 8.59. The van der Waals surface area contributed by atoms with Crippen LogP contribution in [0.4, 0.5) is 0 Å². The van der Waals surface area contributed by atoms with Crippen LogP contribution in [0.2, 0.25) is 0 Å². The van der Waals surface area contributed by atoms with E-state index < -0.39 is 0 Å². The van der Waals surface area contributed by atoms with E-state index in [2.05, 4.69) is 122 Å². The van der Waals surface area contributed by atoms with Gasteiger partial charge in [-0.15, -0.1) is 59.7 Å². The van der Waals surface area contributed by atoms with E-state index in [0.717, 1.165) is 50.0 Å². The number of aryl methyl sites for hydroxylation is 2. The predicted molar refractivity (Wildman–Crippen MR) is 193 cm³/mol. The standard InChI is InChI=1S/C32H24NO.C12H10N.Ir/c1-21-17-30(33-20-29(21)24-11-7-4-8-12-24)26-14-16-32-28(19-26)27-18-25(13-15-31(27)34-32)22(2)23-9-5-3-6-10-23;1-10-7-8-12(13-9-10)11-5-3-2-4-6-11;/h3-13,15-20,22H,1-2H3;2-5,7-9H,1H3;/q2*-1;. The number of nitrogens with zero attached hydrogens (tertiary/aromatic N) is 2. The second-order valence-electron chi connectivity index (χ2n) is 11.9. The number of hydrogen-bond acceptors (Lipinski definition) is 3. The third kappa shape index (κ3) is 7.06. The first-order valence-corrected chi connectivity index (χ1v) is 15.9. The van der Waals surface area contributed by atoms with E-state index in [1.807, 2.05) is 61.8 Å². The number of benzene rings is 5. The van der Waals surface area contributed by atoms with E-state index in [0.29, 0.717) is 5.92 Å². The van der Waals surface area contributed by atoms with Crippen LogP contribution in [0.5, 0.6) is 0 Å². The molecule has 1 unspecified atom stereocenters. The van der Waals surface area contributed by atoms with Crippen LogP contribution >= 0.6 is 0 Å². The fourth-order valence-corrected chi connectivity index (χ4v) is 5.89. The molecule has 0 N–H and O–H groups in total. The van der Waals surface area contributed by atoms with E-state index in [4.69, 9.17) is 9.40 Å². The van der Waals surface area contributed by atoms with Crippen molar-refractivity contribution in [1.29, 1.82) is 0 Å². The first kappa shape index (κ1) is 32.8. The molecule has 0 fully saturated rings. The van der Waals surface area contributed by atoms with Gasteiger partial charge in [0.25, 0.3) is 0 Å².